The lowest BCUT2D eigenvalue weighted by atomic mass is 10.0. The molecular weight excluding hydrogens is 769 g/mol. The number of benzene rings is 3. The molecule has 0 saturated heterocycles. The smallest absolute Gasteiger partial charge is 0.403 e. The molecule has 1 aromatic heterocycles. The van der Waals surface area contributed by atoms with Crippen LogP contribution in [0, 0.1) is 30.9 Å². The van der Waals surface area contributed by atoms with Crippen LogP contribution in [0.25, 0.3) is 5.69 Å². The Balaban J connectivity index is 1.31. The number of esters is 1. The van der Waals surface area contributed by atoms with Gasteiger partial charge in [0.2, 0.25) is 5.91 Å². The number of carbonyl (C=O) groups excluding carboxylic acids is 3. The van der Waals surface area contributed by atoms with E-state index in [1.165, 1.54) is 35.9 Å². The summed E-state index contributed by atoms with van der Waals surface area (Å²) >= 11 is 0. The van der Waals surface area contributed by atoms with Crippen molar-refractivity contribution in [2.24, 2.45) is 12.5 Å². The van der Waals surface area contributed by atoms with Crippen molar-refractivity contribution in [3.8, 4) is 5.69 Å². The van der Waals surface area contributed by atoms with E-state index in [4.69, 9.17) is 4.74 Å². The lowest BCUT2D eigenvalue weighted by Gasteiger charge is -2.20. The van der Waals surface area contributed by atoms with Crippen LogP contribution in [0.3, 0.4) is 0 Å². The summed E-state index contributed by atoms with van der Waals surface area (Å²) in [5.74, 6) is -6.21. The summed E-state index contributed by atoms with van der Waals surface area (Å²) in [6.45, 7) is 6.32. The second-order valence-electron chi connectivity index (χ2n) is 13.6. The summed E-state index contributed by atoms with van der Waals surface area (Å²) in [4.78, 5) is 63.7. The number of rotatable bonds is 12. The van der Waals surface area contributed by atoms with Crippen LogP contribution in [0.2, 0.25) is 0 Å². The fraction of sp³-hybridized carbons (Fsp3) is 0.324. The van der Waals surface area contributed by atoms with Crippen molar-refractivity contribution >= 4 is 39.2 Å². The molecule has 0 spiro atoms. The molecule has 56 heavy (non-hydrogen) atoms. The van der Waals surface area contributed by atoms with E-state index < -0.39 is 90.6 Å². The summed E-state index contributed by atoms with van der Waals surface area (Å²) in [7, 11) is -3.11. The van der Waals surface area contributed by atoms with E-state index in [-0.39, 0.29) is 30.6 Å². The Kier molecular flexibility index (Phi) is 11.3. The Bertz CT molecular complexity index is 2400. The molecule has 1 atom stereocenters. The van der Waals surface area contributed by atoms with Crippen LogP contribution < -0.4 is 26.6 Å². The molecule has 13 nitrogen and oxygen atoms in total. The molecule has 0 bridgehead atoms. The van der Waals surface area contributed by atoms with Gasteiger partial charge in [-0.2, -0.15) is 13.2 Å². The number of hydrogen-bond donors (Lipinski definition) is 3. The van der Waals surface area contributed by atoms with Gasteiger partial charge in [-0.15, -0.1) is 0 Å². The molecule has 5 rings (SSSR count). The average molecular weight is 806 g/mol. The second kappa shape index (κ2) is 15.4. The SMILES string of the molecule is Cc1c(C)n(C)c(=O)n(-c2ccc(C[C@H](NC(=O)c3cc(F)c(NS(=O)(=O)c4ccc(NC(=O)C5(C(F)(F)F)CC5)cc4)cc3F)C(=O)OC(C)C)cc2)c1=O. The summed E-state index contributed by atoms with van der Waals surface area (Å²) < 4.78 is 106. The van der Waals surface area contributed by atoms with Crippen LogP contribution in [-0.2, 0) is 37.8 Å². The number of aromatic nitrogens is 2. The summed E-state index contributed by atoms with van der Waals surface area (Å²) in [6, 6.07) is 9.19. The Labute approximate surface area is 316 Å². The maximum atomic E-state index is 15.3. The molecule has 0 radical (unpaired) electrons. The number of ether oxygens (including phenoxy) is 1. The predicted octanol–water partition coefficient (Wildman–Crippen LogP) is 4.81. The monoisotopic (exact) mass is 805 g/mol. The second-order valence-corrected chi connectivity index (χ2v) is 15.2. The van der Waals surface area contributed by atoms with Gasteiger partial charge in [0, 0.05) is 36.5 Å². The van der Waals surface area contributed by atoms with Crippen LogP contribution in [-0.4, -0.2) is 53.7 Å². The van der Waals surface area contributed by atoms with Gasteiger partial charge in [-0.1, -0.05) is 12.1 Å². The quantitative estimate of drug-likeness (QED) is 0.135. The highest BCUT2D eigenvalue weighted by Gasteiger charge is 2.68. The Morgan fingerprint density at radius 1 is 0.929 bits per heavy atom. The van der Waals surface area contributed by atoms with E-state index in [9.17, 15) is 45.6 Å². The van der Waals surface area contributed by atoms with Crippen molar-refractivity contribution in [1.29, 1.82) is 0 Å². The molecule has 3 aromatic carbocycles. The van der Waals surface area contributed by atoms with Gasteiger partial charge < -0.3 is 19.9 Å². The van der Waals surface area contributed by atoms with Crippen LogP contribution in [0.1, 0.15) is 53.9 Å². The van der Waals surface area contributed by atoms with Crippen LogP contribution in [0.4, 0.5) is 33.3 Å². The molecule has 1 aliphatic carbocycles. The third-order valence-electron chi connectivity index (χ3n) is 9.32. The van der Waals surface area contributed by atoms with Crippen LogP contribution >= 0.6 is 0 Å². The molecule has 19 heteroatoms. The van der Waals surface area contributed by atoms with Crippen molar-refractivity contribution < 1.29 is 49.5 Å². The first-order valence-corrected chi connectivity index (χ1v) is 18.4. The van der Waals surface area contributed by atoms with Gasteiger partial charge in [0.15, 0.2) is 0 Å². The number of anilines is 2. The highest BCUT2D eigenvalue weighted by atomic mass is 32.2. The van der Waals surface area contributed by atoms with Crippen molar-refractivity contribution in [2.45, 2.75) is 70.2 Å². The number of alkyl halides is 3. The molecule has 0 unspecified atom stereocenters. The molecule has 3 N–H and O–H groups in total. The fourth-order valence-electron chi connectivity index (χ4n) is 5.68. The van der Waals surface area contributed by atoms with E-state index in [0.717, 1.165) is 28.8 Å². The zero-order valence-electron chi connectivity index (χ0n) is 30.5. The Morgan fingerprint density at radius 3 is 2.09 bits per heavy atom. The Hall–Kier alpha value is -5.85. The highest BCUT2D eigenvalue weighted by Crippen LogP contribution is 2.58. The standard InChI is InChI=1S/C37H36F5N5O8S/c1-19(2)55-33(50)30(16-22-6-10-24(11-7-22)47-32(49)20(3)21(4)46(5)35(47)52)44-31(48)26-17-28(39)29(18-27(26)38)45-56(53,54)25-12-8-23(9-13-25)43-34(51)36(14-15-36)37(40,41)42/h6-13,17-19,30,45H,14-16H2,1-5H3,(H,43,51)(H,44,48)/t30-/m0/s1. The normalized spacial score (nSPS) is 14.2. The molecule has 1 heterocycles. The van der Waals surface area contributed by atoms with E-state index in [1.807, 2.05) is 4.72 Å². The van der Waals surface area contributed by atoms with Gasteiger partial charge in [0.05, 0.1) is 27.9 Å². The topological polar surface area (TPSA) is 175 Å². The van der Waals surface area contributed by atoms with Gasteiger partial charge >= 0.3 is 17.8 Å². The van der Waals surface area contributed by atoms with E-state index in [1.54, 1.807) is 27.7 Å². The van der Waals surface area contributed by atoms with Gasteiger partial charge in [-0.25, -0.2) is 31.4 Å². The maximum absolute atomic E-state index is 15.3. The summed E-state index contributed by atoms with van der Waals surface area (Å²) in [5.41, 5.74) is -4.01. The number of carbonyl (C=O) groups is 3. The van der Waals surface area contributed by atoms with E-state index in [0.29, 0.717) is 29.0 Å². The van der Waals surface area contributed by atoms with Crippen LogP contribution in [0.5, 0.6) is 0 Å². The minimum absolute atomic E-state index is 0.133. The molecule has 2 amide bonds. The number of sulfonamides is 1. The third kappa shape index (κ3) is 8.36. The number of amides is 2. The van der Waals surface area contributed by atoms with Gasteiger partial charge in [0.25, 0.3) is 21.5 Å². The maximum Gasteiger partial charge on any atom is 0.403 e. The first-order valence-electron chi connectivity index (χ1n) is 17.0. The third-order valence-corrected chi connectivity index (χ3v) is 10.7. The van der Waals surface area contributed by atoms with Crippen molar-refractivity contribution in [1.82, 2.24) is 14.5 Å². The minimum atomic E-state index is -4.76. The zero-order valence-corrected chi connectivity index (χ0v) is 31.3. The van der Waals surface area contributed by atoms with Gasteiger partial charge in [0.1, 0.15) is 23.1 Å². The molecular formula is C37H36F5N5O8S. The van der Waals surface area contributed by atoms with Crippen molar-refractivity contribution in [3.05, 3.63) is 116 Å². The first-order chi connectivity index (χ1) is 26.1. The Morgan fingerprint density at radius 2 is 1.54 bits per heavy atom. The lowest BCUT2D eigenvalue weighted by Crippen LogP contribution is -2.44. The first kappa shape index (κ1) is 41.3. The molecule has 1 aliphatic rings. The average Bonchev–Trinajstić information content (AvgIpc) is 3.95. The zero-order chi connectivity index (χ0) is 41.5. The number of hydrogen-bond acceptors (Lipinski definition) is 8. The predicted molar refractivity (Wildman–Crippen MR) is 193 cm³/mol. The molecule has 298 valence electrons. The van der Waals surface area contributed by atoms with Gasteiger partial charge in [-0.05, 0) is 88.6 Å². The van der Waals surface area contributed by atoms with Crippen molar-refractivity contribution in [2.75, 3.05) is 10.0 Å². The fourth-order valence-corrected chi connectivity index (χ4v) is 6.74. The largest absolute Gasteiger partial charge is 0.461 e. The lowest BCUT2D eigenvalue weighted by molar-refractivity contribution is -0.189. The molecule has 1 saturated carbocycles. The molecule has 0 aliphatic heterocycles. The summed E-state index contributed by atoms with van der Waals surface area (Å²) in [6.07, 6.45) is -6.37. The number of halogens is 5. The number of nitrogens with zero attached hydrogens (tertiary/aromatic N) is 2. The number of nitrogens with one attached hydrogen (secondary N) is 3. The van der Waals surface area contributed by atoms with Crippen molar-refractivity contribution in [3.63, 3.8) is 0 Å². The minimum Gasteiger partial charge on any atom is -0.461 e. The molecule has 4 aromatic rings. The summed E-state index contributed by atoms with van der Waals surface area (Å²) in [5, 5.41) is 4.41. The highest BCUT2D eigenvalue weighted by molar-refractivity contribution is 7.92. The molecule has 1 fully saturated rings. The van der Waals surface area contributed by atoms with E-state index >= 15 is 8.78 Å². The van der Waals surface area contributed by atoms with E-state index in [2.05, 4.69) is 10.6 Å². The van der Waals surface area contributed by atoms with Gasteiger partial charge in [-0.3, -0.25) is 19.1 Å². The van der Waals surface area contributed by atoms with Crippen LogP contribution in [0.15, 0.2) is 75.1 Å².